The maximum Gasteiger partial charge on any atom is 0.234 e. The number of carbonyl (C=O) groups is 1. The molecule has 1 N–H and O–H groups in total. The molecule has 0 aliphatic carbocycles. The molecule has 0 radical (unpaired) electrons. The summed E-state index contributed by atoms with van der Waals surface area (Å²) in [6.45, 7) is 3.62. The van der Waals surface area contributed by atoms with Gasteiger partial charge in [-0.2, -0.15) is 0 Å². The monoisotopic (exact) mass is 234 g/mol. The summed E-state index contributed by atoms with van der Waals surface area (Å²) in [4.78, 5) is 14.1. The van der Waals surface area contributed by atoms with Crippen LogP contribution < -0.4 is 10.2 Å². The Hall–Kier alpha value is -1.42. The average Bonchev–Trinajstić information content (AvgIpc) is 2.90. The molecule has 1 unspecified atom stereocenters. The van der Waals surface area contributed by atoms with Gasteiger partial charge in [0.15, 0.2) is 0 Å². The zero-order valence-electron chi connectivity index (χ0n) is 9.74. The molecule has 2 aliphatic heterocycles. The Balaban J connectivity index is 2.04. The van der Waals surface area contributed by atoms with Crippen LogP contribution in [0, 0.1) is 5.82 Å². The molecule has 0 bridgehead atoms. The molecule has 0 spiro atoms. The minimum Gasteiger partial charge on any atom is -0.315 e. The first-order chi connectivity index (χ1) is 8.18. The molecule has 1 fully saturated rings. The predicted octanol–water partition coefficient (Wildman–Crippen LogP) is 1.64. The summed E-state index contributed by atoms with van der Waals surface area (Å²) >= 11 is 0. The van der Waals surface area contributed by atoms with Crippen LogP contribution in [0.5, 0.6) is 0 Å². The second kappa shape index (κ2) is 3.81. The first-order valence-electron chi connectivity index (χ1n) is 6.01. The molecule has 4 heteroatoms. The Bertz CT molecular complexity index is 468. The molecule has 2 heterocycles. The molecule has 0 aromatic heterocycles. The van der Waals surface area contributed by atoms with Crippen molar-refractivity contribution in [3.63, 3.8) is 0 Å². The van der Waals surface area contributed by atoms with E-state index in [0.29, 0.717) is 0 Å². The quantitative estimate of drug-likeness (QED) is 0.801. The van der Waals surface area contributed by atoms with E-state index in [1.807, 2.05) is 11.8 Å². The minimum absolute atomic E-state index is 0.0966. The van der Waals surface area contributed by atoms with Crippen molar-refractivity contribution < 1.29 is 9.18 Å². The number of amides is 1. The average molecular weight is 234 g/mol. The second-order valence-electron chi connectivity index (χ2n) is 4.78. The number of anilines is 1. The summed E-state index contributed by atoms with van der Waals surface area (Å²) in [6.07, 6.45) is 0.968. The van der Waals surface area contributed by atoms with E-state index in [1.54, 1.807) is 6.07 Å². The molecule has 1 amide bonds. The van der Waals surface area contributed by atoms with Crippen LogP contribution in [0.1, 0.15) is 24.8 Å². The first kappa shape index (κ1) is 10.7. The van der Waals surface area contributed by atoms with Crippen LogP contribution in [0.3, 0.4) is 0 Å². The Morgan fingerprint density at radius 1 is 1.47 bits per heavy atom. The fraction of sp³-hybridized carbons (Fsp3) is 0.462. The molecule has 90 valence electrons. The fourth-order valence-electron chi connectivity index (χ4n) is 2.79. The molecule has 2 aliphatic rings. The Kier molecular flexibility index (Phi) is 2.40. The van der Waals surface area contributed by atoms with Crippen molar-refractivity contribution in [1.29, 1.82) is 0 Å². The number of nitrogens with zero attached hydrogens (tertiary/aromatic N) is 1. The van der Waals surface area contributed by atoms with Crippen LogP contribution in [-0.2, 0) is 4.79 Å². The zero-order chi connectivity index (χ0) is 12.0. The van der Waals surface area contributed by atoms with Crippen molar-refractivity contribution in [2.75, 3.05) is 18.0 Å². The van der Waals surface area contributed by atoms with Gasteiger partial charge in [-0.05, 0) is 43.7 Å². The van der Waals surface area contributed by atoms with Gasteiger partial charge in [0, 0.05) is 12.2 Å². The van der Waals surface area contributed by atoms with Crippen molar-refractivity contribution in [3.05, 3.63) is 29.6 Å². The minimum atomic E-state index is -0.269. The summed E-state index contributed by atoms with van der Waals surface area (Å²) in [5, 5.41) is 3.26. The molecular formula is C13H15FN2O. The van der Waals surface area contributed by atoms with E-state index in [0.717, 1.165) is 30.8 Å². The van der Waals surface area contributed by atoms with Crippen molar-refractivity contribution >= 4 is 11.6 Å². The summed E-state index contributed by atoms with van der Waals surface area (Å²) in [5.74, 6) is -0.393. The molecule has 3 rings (SSSR count). The number of hydrogen-bond acceptors (Lipinski definition) is 2. The summed E-state index contributed by atoms with van der Waals surface area (Å²) in [7, 11) is 0. The molecule has 1 aromatic rings. The van der Waals surface area contributed by atoms with Gasteiger partial charge in [-0.1, -0.05) is 0 Å². The van der Waals surface area contributed by atoms with Crippen molar-refractivity contribution in [3.8, 4) is 0 Å². The standard InChI is InChI=1S/C13H15FN2O/c1-8-11-6-9(14)2-3-12(11)16(13(8)17)10-4-5-15-7-10/h2-3,6,8,10,15H,4-5,7H2,1H3/t8?,10-/m1/s1. The number of rotatable bonds is 1. The summed E-state index contributed by atoms with van der Waals surface area (Å²) in [5.41, 5.74) is 1.71. The lowest BCUT2D eigenvalue weighted by Crippen LogP contribution is -2.39. The highest BCUT2D eigenvalue weighted by Gasteiger charge is 2.39. The van der Waals surface area contributed by atoms with E-state index in [2.05, 4.69) is 5.32 Å². The largest absolute Gasteiger partial charge is 0.315 e. The molecule has 17 heavy (non-hydrogen) atoms. The zero-order valence-corrected chi connectivity index (χ0v) is 9.74. The number of nitrogens with one attached hydrogen (secondary N) is 1. The van der Waals surface area contributed by atoms with Crippen LogP contribution in [0.4, 0.5) is 10.1 Å². The molecular weight excluding hydrogens is 219 g/mol. The Labute approximate surface area is 99.6 Å². The van der Waals surface area contributed by atoms with Gasteiger partial charge in [-0.25, -0.2) is 4.39 Å². The van der Waals surface area contributed by atoms with Gasteiger partial charge in [0.25, 0.3) is 0 Å². The molecule has 1 saturated heterocycles. The van der Waals surface area contributed by atoms with E-state index in [1.165, 1.54) is 12.1 Å². The van der Waals surface area contributed by atoms with Gasteiger partial charge in [-0.3, -0.25) is 4.79 Å². The van der Waals surface area contributed by atoms with Crippen molar-refractivity contribution in [2.45, 2.75) is 25.3 Å². The van der Waals surface area contributed by atoms with Crippen molar-refractivity contribution in [1.82, 2.24) is 5.32 Å². The first-order valence-corrected chi connectivity index (χ1v) is 6.01. The summed E-state index contributed by atoms with van der Waals surface area (Å²) in [6, 6.07) is 4.86. The van der Waals surface area contributed by atoms with E-state index in [4.69, 9.17) is 0 Å². The fourth-order valence-corrected chi connectivity index (χ4v) is 2.79. The van der Waals surface area contributed by atoms with Crippen LogP contribution in [0.15, 0.2) is 18.2 Å². The van der Waals surface area contributed by atoms with Crippen LogP contribution in [0.2, 0.25) is 0 Å². The lowest BCUT2D eigenvalue weighted by Gasteiger charge is -2.24. The van der Waals surface area contributed by atoms with E-state index >= 15 is 0 Å². The predicted molar refractivity (Wildman–Crippen MR) is 63.6 cm³/mol. The van der Waals surface area contributed by atoms with Gasteiger partial charge in [0.05, 0.1) is 12.0 Å². The highest BCUT2D eigenvalue weighted by Crippen LogP contribution is 2.39. The Morgan fingerprint density at radius 3 is 3.00 bits per heavy atom. The van der Waals surface area contributed by atoms with Crippen molar-refractivity contribution in [2.24, 2.45) is 0 Å². The number of halogens is 1. The molecule has 3 nitrogen and oxygen atoms in total. The second-order valence-corrected chi connectivity index (χ2v) is 4.78. The van der Waals surface area contributed by atoms with Gasteiger partial charge >= 0.3 is 0 Å². The van der Waals surface area contributed by atoms with Gasteiger partial charge in [-0.15, -0.1) is 0 Å². The third-order valence-corrected chi connectivity index (χ3v) is 3.72. The van der Waals surface area contributed by atoms with Crippen LogP contribution in [0.25, 0.3) is 0 Å². The highest BCUT2D eigenvalue weighted by atomic mass is 19.1. The Morgan fingerprint density at radius 2 is 2.29 bits per heavy atom. The van der Waals surface area contributed by atoms with Crippen LogP contribution >= 0.6 is 0 Å². The van der Waals surface area contributed by atoms with Crippen LogP contribution in [-0.4, -0.2) is 25.0 Å². The lowest BCUT2D eigenvalue weighted by atomic mass is 10.0. The third-order valence-electron chi connectivity index (χ3n) is 3.72. The van der Waals surface area contributed by atoms with Gasteiger partial charge in [0.2, 0.25) is 5.91 Å². The van der Waals surface area contributed by atoms with E-state index in [9.17, 15) is 9.18 Å². The third kappa shape index (κ3) is 1.55. The topological polar surface area (TPSA) is 32.3 Å². The van der Waals surface area contributed by atoms with E-state index < -0.39 is 0 Å². The van der Waals surface area contributed by atoms with E-state index in [-0.39, 0.29) is 23.7 Å². The number of benzene rings is 1. The molecule has 0 saturated carbocycles. The normalized spacial score (nSPS) is 27.6. The maximum absolute atomic E-state index is 13.2. The molecule has 2 atom stereocenters. The van der Waals surface area contributed by atoms with Gasteiger partial charge < -0.3 is 10.2 Å². The smallest absolute Gasteiger partial charge is 0.234 e. The SMILES string of the molecule is CC1C(=O)N([C@@H]2CCNC2)c2ccc(F)cc21. The molecule has 1 aromatic carbocycles. The number of fused-ring (bicyclic) bond motifs is 1. The highest BCUT2D eigenvalue weighted by molar-refractivity contribution is 6.05. The lowest BCUT2D eigenvalue weighted by molar-refractivity contribution is -0.119. The number of carbonyl (C=O) groups excluding carboxylic acids is 1. The number of hydrogen-bond donors (Lipinski definition) is 1. The summed E-state index contributed by atoms with van der Waals surface area (Å²) < 4.78 is 13.2. The van der Waals surface area contributed by atoms with Gasteiger partial charge in [0.1, 0.15) is 5.82 Å². The maximum atomic E-state index is 13.2.